The van der Waals surface area contributed by atoms with E-state index in [1.165, 1.54) is 18.2 Å². The first-order valence-electron chi connectivity index (χ1n) is 6.37. The molecule has 106 valence electrons. The number of hydrogen-bond donors (Lipinski definition) is 1. The molecule has 19 heavy (non-hydrogen) atoms. The van der Waals surface area contributed by atoms with Gasteiger partial charge in [0.15, 0.2) is 0 Å². The zero-order valence-electron chi connectivity index (χ0n) is 11.9. The Hall–Kier alpha value is -1.09. The molecular formula is C15H21ClFNO. The minimum atomic E-state index is -0.336. The van der Waals surface area contributed by atoms with Crippen LogP contribution < -0.4 is 5.32 Å². The summed E-state index contributed by atoms with van der Waals surface area (Å²) in [6, 6.07) is 4.13. The van der Waals surface area contributed by atoms with E-state index in [0.717, 1.165) is 6.42 Å². The average molecular weight is 286 g/mol. The highest BCUT2D eigenvalue weighted by Crippen LogP contribution is 2.23. The molecule has 1 unspecified atom stereocenters. The van der Waals surface area contributed by atoms with Crippen LogP contribution >= 0.6 is 11.6 Å². The molecule has 4 heteroatoms. The Morgan fingerprint density at radius 2 is 2.05 bits per heavy atom. The number of carbonyl (C=O) groups is 1. The predicted octanol–water partition coefficient (Wildman–Crippen LogP) is 3.91. The molecule has 0 radical (unpaired) electrons. The second kappa shape index (κ2) is 6.38. The second-order valence-corrected chi connectivity index (χ2v) is 6.65. The summed E-state index contributed by atoms with van der Waals surface area (Å²) in [7, 11) is 0. The number of hydrogen-bond acceptors (Lipinski definition) is 1. The molecule has 1 aromatic rings. The van der Waals surface area contributed by atoms with Crippen molar-refractivity contribution in [1.82, 2.24) is 5.32 Å². The Morgan fingerprint density at radius 1 is 1.42 bits per heavy atom. The molecule has 0 bridgehead atoms. The van der Waals surface area contributed by atoms with Crippen molar-refractivity contribution in [2.75, 3.05) is 6.54 Å². The highest BCUT2D eigenvalue weighted by atomic mass is 35.5. The number of alkyl halides is 1. The van der Waals surface area contributed by atoms with Gasteiger partial charge in [0, 0.05) is 12.1 Å². The number of aryl methyl sites for hydroxylation is 1. The van der Waals surface area contributed by atoms with E-state index in [1.807, 2.05) is 0 Å². The molecule has 1 amide bonds. The number of amides is 1. The predicted molar refractivity (Wildman–Crippen MR) is 77.2 cm³/mol. The summed E-state index contributed by atoms with van der Waals surface area (Å²) in [5.41, 5.74) is 1.24. The number of benzene rings is 1. The van der Waals surface area contributed by atoms with Crippen LogP contribution in [0.5, 0.6) is 0 Å². The smallest absolute Gasteiger partial charge is 0.251 e. The van der Waals surface area contributed by atoms with Crippen molar-refractivity contribution in [3.8, 4) is 0 Å². The molecule has 0 aliphatic heterocycles. The van der Waals surface area contributed by atoms with Gasteiger partial charge in [0.1, 0.15) is 5.82 Å². The van der Waals surface area contributed by atoms with Gasteiger partial charge >= 0.3 is 0 Å². The van der Waals surface area contributed by atoms with Crippen LogP contribution in [0, 0.1) is 18.2 Å². The van der Waals surface area contributed by atoms with Gasteiger partial charge in [-0.2, -0.15) is 0 Å². The van der Waals surface area contributed by atoms with Crippen LogP contribution in [-0.4, -0.2) is 17.8 Å². The van der Waals surface area contributed by atoms with Gasteiger partial charge in [-0.1, -0.05) is 20.8 Å². The Morgan fingerprint density at radius 3 is 2.58 bits per heavy atom. The number of halogens is 2. The maximum atomic E-state index is 13.0. The minimum Gasteiger partial charge on any atom is -0.351 e. The summed E-state index contributed by atoms with van der Waals surface area (Å²) >= 11 is 6.19. The fraction of sp³-hybridized carbons (Fsp3) is 0.533. The van der Waals surface area contributed by atoms with Crippen LogP contribution in [0.3, 0.4) is 0 Å². The lowest BCUT2D eigenvalue weighted by molar-refractivity contribution is 0.0951. The Bertz CT molecular complexity index is 454. The standard InChI is InChI=1S/C15H21ClFNO/c1-10-7-12(17)5-6-13(10)14(19)18-9-11(16)8-15(2,3)4/h5-7,11H,8-9H2,1-4H3,(H,18,19). The first-order valence-corrected chi connectivity index (χ1v) is 6.81. The van der Waals surface area contributed by atoms with Crippen molar-refractivity contribution in [2.45, 2.75) is 39.5 Å². The van der Waals surface area contributed by atoms with Crippen molar-refractivity contribution in [3.63, 3.8) is 0 Å². The molecule has 0 aromatic heterocycles. The molecule has 0 saturated heterocycles. The van der Waals surface area contributed by atoms with Crippen molar-refractivity contribution >= 4 is 17.5 Å². The monoisotopic (exact) mass is 285 g/mol. The molecule has 1 N–H and O–H groups in total. The summed E-state index contributed by atoms with van der Waals surface area (Å²) in [5, 5.41) is 2.68. The van der Waals surface area contributed by atoms with E-state index in [4.69, 9.17) is 11.6 Å². The Kier molecular flexibility index (Phi) is 5.36. The first kappa shape index (κ1) is 16.0. The normalized spacial score (nSPS) is 13.2. The maximum Gasteiger partial charge on any atom is 0.251 e. The van der Waals surface area contributed by atoms with Gasteiger partial charge in [-0.15, -0.1) is 11.6 Å². The van der Waals surface area contributed by atoms with Gasteiger partial charge in [-0.25, -0.2) is 4.39 Å². The van der Waals surface area contributed by atoms with Crippen LogP contribution in [0.2, 0.25) is 0 Å². The van der Waals surface area contributed by atoms with E-state index >= 15 is 0 Å². The zero-order chi connectivity index (χ0) is 14.6. The van der Waals surface area contributed by atoms with E-state index in [2.05, 4.69) is 26.1 Å². The fourth-order valence-corrected chi connectivity index (χ4v) is 2.46. The molecule has 1 atom stereocenters. The van der Waals surface area contributed by atoms with E-state index in [0.29, 0.717) is 17.7 Å². The molecule has 2 nitrogen and oxygen atoms in total. The largest absolute Gasteiger partial charge is 0.351 e. The van der Waals surface area contributed by atoms with Crippen LogP contribution in [0.15, 0.2) is 18.2 Å². The van der Waals surface area contributed by atoms with Gasteiger partial charge in [0.25, 0.3) is 5.91 Å². The third-order valence-corrected chi connectivity index (χ3v) is 3.06. The van der Waals surface area contributed by atoms with Gasteiger partial charge in [0.2, 0.25) is 0 Å². The number of carbonyl (C=O) groups excluding carboxylic acids is 1. The highest BCUT2D eigenvalue weighted by molar-refractivity contribution is 6.21. The minimum absolute atomic E-state index is 0.107. The van der Waals surface area contributed by atoms with Crippen LogP contribution in [0.25, 0.3) is 0 Å². The average Bonchev–Trinajstić information content (AvgIpc) is 2.23. The lowest BCUT2D eigenvalue weighted by Crippen LogP contribution is -2.32. The van der Waals surface area contributed by atoms with E-state index in [-0.39, 0.29) is 22.5 Å². The number of nitrogens with one attached hydrogen (secondary N) is 1. The summed E-state index contributed by atoms with van der Waals surface area (Å²) in [6.45, 7) is 8.44. The molecule has 0 fully saturated rings. The molecule has 0 spiro atoms. The lowest BCUT2D eigenvalue weighted by atomic mass is 9.90. The van der Waals surface area contributed by atoms with Crippen LogP contribution in [0.1, 0.15) is 43.1 Å². The zero-order valence-corrected chi connectivity index (χ0v) is 12.6. The molecular weight excluding hydrogens is 265 g/mol. The second-order valence-electron chi connectivity index (χ2n) is 6.03. The Balaban J connectivity index is 2.56. The molecule has 0 aliphatic carbocycles. The maximum absolute atomic E-state index is 13.0. The molecule has 0 aliphatic rings. The topological polar surface area (TPSA) is 29.1 Å². The SMILES string of the molecule is Cc1cc(F)ccc1C(=O)NCC(Cl)CC(C)(C)C. The van der Waals surface area contributed by atoms with Crippen molar-refractivity contribution < 1.29 is 9.18 Å². The number of rotatable bonds is 4. The molecule has 1 rings (SSSR count). The summed E-state index contributed by atoms with van der Waals surface area (Å²) in [6.07, 6.45) is 0.817. The quantitative estimate of drug-likeness (QED) is 0.835. The molecule has 0 heterocycles. The Labute approximate surface area is 119 Å². The van der Waals surface area contributed by atoms with Crippen molar-refractivity contribution in [1.29, 1.82) is 0 Å². The van der Waals surface area contributed by atoms with Crippen LogP contribution in [-0.2, 0) is 0 Å². The molecule has 0 saturated carbocycles. The third-order valence-electron chi connectivity index (χ3n) is 2.75. The molecule has 1 aromatic carbocycles. The van der Waals surface area contributed by atoms with Crippen LogP contribution in [0.4, 0.5) is 4.39 Å². The van der Waals surface area contributed by atoms with E-state index < -0.39 is 0 Å². The summed E-state index contributed by atoms with van der Waals surface area (Å²) < 4.78 is 13.0. The van der Waals surface area contributed by atoms with Gasteiger partial charge in [-0.3, -0.25) is 4.79 Å². The highest BCUT2D eigenvalue weighted by Gasteiger charge is 2.18. The van der Waals surface area contributed by atoms with Crippen molar-refractivity contribution in [2.24, 2.45) is 5.41 Å². The lowest BCUT2D eigenvalue weighted by Gasteiger charge is -2.22. The summed E-state index contributed by atoms with van der Waals surface area (Å²) in [4.78, 5) is 12.0. The third kappa shape index (κ3) is 5.60. The first-order chi connectivity index (χ1) is 8.69. The van der Waals surface area contributed by atoms with E-state index in [9.17, 15) is 9.18 Å². The van der Waals surface area contributed by atoms with Gasteiger partial charge in [-0.05, 0) is 42.5 Å². The van der Waals surface area contributed by atoms with Crippen molar-refractivity contribution in [3.05, 3.63) is 35.1 Å². The fourth-order valence-electron chi connectivity index (χ4n) is 1.92. The van der Waals surface area contributed by atoms with Gasteiger partial charge < -0.3 is 5.32 Å². The van der Waals surface area contributed by atoms with Gasteiger partial charge in [0.05, 0.1) is 5.38 Å². The summed E-state index contributed by atoms with van der Waals surface area (Å²) in [5.74, 6) is -0.547. The van der Waals surface area contributed by atoms with E-state index in [1.54, 1.807) is 6.92 Å².